The maximum Gasteiger partial charge on any atom is 0.231 e. The number of hydrogen-bond donors (Lipinski definition) is 2. The van der Waals surface area contributed by atoms with E-state index >= 15 is 0 Å². The molecular weight excluding hydrogens is 280 g/mol. The number of carbonyl (C=O) groups is 1. The summed E-state index contributed by atoms with van der Waals surface area (Å²) in [4.78, 5) is 12.1. The summed E-state index contributed by atoms with van der Waals surface area (Å²) in [5.41, 5.74) is 1.85. The lowest BCUT2D eigenvalue weighted by molar-refractivity contribution is -0.120. The molecule has 1 aliphatic rings. The Kier molecular flexibility index (Phi) is 3.54. The van der Waals surface area contributed by atoms with E-state index in [1.807, 2.05) is 32.2 Å². The number of benzene rings is 1. The molecule has 1 aromatic rings. The smallest absolute Gasteiger partial charge is 0.231 e. The van der Waals surface area contributed by atoms with Crippen molar-refractivity contribution in [2.24, 2.45) is 5.41 Å². The molecule has 4 heteroatoms. The Morgan fingerprint density at radius 3 is 2.71 bits per heavy atom. The highest BCUT2D eigenvalue weighted by atomic mass is 79.9. The van der Waals surface area contributed by atoms with Gasteiger partial charge >= 0.3 is 0 Å². The first-order chi connectivity index (χ1) is 8.07. The zero-order chi connectivity index (χ0) is 12.5. The standard InChI is InChI=1S/C13H17BrN2O/c1-9-3-4-10(7-11(9)14)16-12(17)13(5-6-13)8-15-2/h3-4,7,15H,5-6,8H2,1-2H3,(H,16,17). The van der Waals surface area contributed by atoms with Crippen LogP contribution in [0.3, 0.4) is 0 Å². The van der Waals surface area contributed by atoms with Gasteiger partial charge in [0.15, 0.2) is 0 Å². The molecule has 2 rings (SSSR count). The number of halogens is 1. The highest BCUT2D eigenvalue weighted by molar-refractivity contribution is 9.10. The fraction of sp³-hybridized carbons (Fsp3) is 0.462. The molecule has 0 spiro atoms. The molecule has 17 heavy (non-hydrogen) atoms. The zero-order valence-corrected chi connectivity index (χ0v) is 11.7. The van der Waals surface area contributed by atoms with Crippen LogP contribution < -0.4 is 10.6 Å². The molecule has 3 nitrogen and oxygen atoms in total. The van der Waals surface area contributed by atoms with Gasteiger partial charge in [-0.3, -0.25) is 4.79 Å². The van der Waals surface area contributed by atoms with Crippen molar-refractivity contribution < 1.29 is 4.79 Å². The second-order valence-corrected chi connectivity index (χ2v) is 5.58. The summed E-state index contributed by atoms with van der Waals surface area (Å²) in [6.07, 6.45) is 1.96. The van der Waals surface area contributed by atoms with E-state index in [0.717, 1.165) is 29.5 Å². The molecule has 92 valence electrons. The van der Waals surface area contributed by atoms with Gasteiger partial charge in [-0.25, -0.2) is 0 Å². The maximum atomic E-state index is 12.1. The molecule has 1 amide bonds. The number of amides is 1. The number of hydrogen-bond acceptors (Lipinski definition) is 2. The average Bonchev–Trinajstić information content (AvgIpc) is 3.05. The lowest BCUT2D eigenvalue weighted by Crippen LogP contribution is -2.32. The molecule has 1 aromatic carbocycles. The molecule has 0 heterocycles. The third-order valence-electron chi connectivity index (χ3n) is 3.28. The van der Waals surface area contributed by atoms with Gasteiger partial charge in [-0.1, -0.05) is 22.0 Å². The maximum absolute atomic E-state index is 12.1. The molecule has 0 atom stereocenters. The van der Waals surface area contributed by atoms with Crippen LogP contribution in [0.25, 0.3) is 0 Å². The SMILES string of the molecule is CNCC1(C(=O)Nc2ccc(C)c(Br)c2)CC1. The highest BCUT2D eigenvalue weighted by Gasteiger charge is 2.49. The number of anilines is 1. The number of rotatable bonds is 4. The summed E-state index contributed by atoms with van der Waals surface area (Å²) in [5, 5.41) is 6.08. The Balaban J connectivity index is 2.06. The van der Waals surface area contributed by atoms with Crippen molar-refractivity contribution in [3.63, 3.8) is 0 Å². The molecule has 0 bridgehead atoms. The predicted molar refractivity (Wildman–Crippen MR) is 73.1 cm³/mol. The lowest BCUT2D eigenvalue weighted by Gasteiger charge is -2.15. The Morgan fingerprint density at radius 1 is 1.47 bits per heavy atom. The molecule has 1 aliphatic carbocycles. The fourth-order valence-electron chi connectivity index (χ4n) is 1.91. The largest absolute Gasteiger partial charge is 0.326 e. The third kappa shape index (κ3) is 2.69. The molecule has 0 saturated heterocycles. The van der Waals surface area contributed by atoms with Crippen LogP contribution in [0.1, 0.15) is 18.4 Å². The zero-order valence-electron chi connectivity index (χ0n) is 10.1. The molecular formula is C13H17BrN2O. The minimum absolute atomic E-state index is 0.127. The number of nitrogens with one attached hydrogen (secondary N) is 2. The monoisotopic (exact) mass is 296 g/mol. The van der Waals surface area contributed by atoms with Gasteiger partial charge in [-0.05, 0) is 44.5 Å². The first kappa shape index (κ1) is 12.6. The second-order valence-electron chi connectivity index (χ2n) is 4.73. The number of aryl methyl sites for hydroxylation is 1. The number of carbonyl (C=O) groups excluding carboxylic acids is 1. The van der Waals surface area contributed by atoms with E-state index in [9.17, 15) is 4.79 Å². The normalized spacial score (nSPS) is 16.6. The first-order valence-corrected chi connectivity index (χ1v) is 6.59. The minimum Gasteiger partial charge on any atom is -0.326 e. The first-order valence-electron chi connectivity index (χ1n) is 5.80. The molecule has 0 radical (unpaired) electrons. The van der Waals surface area contributed by atoms with Gasteiger partial charge in [0.1, 0.15) is 0 Å². The van der Waals surface area contributed by atoms with Crippen molar-refractivity contribution in [3.05, 3.63) is 28.2 Å². The lowest BCUT2D eigenvalue weighted by atomic mass is 10.1. The van der Waals surface area contributed by atoms with Crippen molar-refractivity contribution >= 4 is 27.5 Å². The van der Waals surface area contributed by atoms with E-state index in [4.69, 9.17) is 0 Å². The van der Waals surface area contributed by atoms with Crippen LogP contribution in [0.2, 0.25) is 0 Å². The Morgan fingerprint density at radius 2 is 2.18 bits per heavy atom. The summed E-state index contributed by atoms with van der Waals surface area (Å²) >= 11 is 3.47. The average molecular weight is 297 g/mol. The molecule has 0 unspecified atom stereocenters. The van der Waals surface area contributed by atoms with Crippen LogP contribution in [0.15, 0.2) is 22.7 Å². The van der Waals surface area contributed by atoms with E-state index < -0.39 is 0 Å². The summed E-state index contributed by atoms with van der Waals surface area (Å²) < 4.78 is 1.02. The van der Waals surface area contributed by atoms with Crippen LogP contribution in [-0.4, -0.2) is 19.5 Å². The quantitative estimate of drug-likeness (QED) is 0.897. The summed E-state index contributed by atoms with van der Waals surface area (Å²) in [5.74, 6) is 0.127. The van der Waals surface area contributed by atoms with Gasteiger partial charge in [0.25, 0.3) is 0 Å². The van der Waals surface area contributed by atoms with E-state index in [1.54, 1.807) is 0 Å². The van der Waals surface area contributed by atoms with Crippen molar-refractivity contribution in [1.82, 2.24) is 5.32 Å². The highest BCUT2D eigenvalue weighted by Crippen LogP contribution is 2.45. The minimum atomic E-state index is -0.174. The van der Waals surface area contributed by atoms with Crippen LogP contribution in [-0.2, 0) is 4.79 Å². The van der Waals surface area contributed by atoms with Crippen LogP contribution >= 0.6 is 15.9 Å². The Labute approximate surface area is 110 Å². The summed E-state index contributed by atoms with van der Waals surface area (Å²) in [6.45, 7) is 2.78. The van der Waals surface area contributed by atoms with Crippen LogP contribution in [0.5, 0.6) is 0 Å². The van der Waals surface area contributed by atoms with E-state index in [1.165, 1.54) is 5.56 Å². The molecule has 1 saturated carbocycles. The molecule has 1 fully saturated rings. The topological polar surface area (TPSA) is 41.1 Å². The van der Waals surface area contributed by atoms with Gasteiger partial charge in [-0.2, -0.15) is 0 Å². The van der Waals surface area contributed by atoms with Crippen molar-refractivity contribution in [1.29, 1.82) is 0 Å². The summed E-state index contributed by atoms with van der Waals surface area (Å²) in [7, 11) is 1.88. The van der Waals surface area contributed by atoms with E-state index in [-0.39, 0.29) is 11.3 Å². The molecule has 0 aliphatic heterocycles. The van der Waals surface area contributed by atoms with Crippen LogP contribution in [0.4, 0.5) is 5.69 Å². The summed E-state index contributed by atoms with van der Waals surface area (Å²) in [6, 6.07) is 5.88. The predicted octanol–water partition coefficient (Wildman–Crippen LogP) is 2.70. The third-order valence-corrected chi connectivity index (χ3v) is 4.13. The van der Waals surface area contributed by atoms with Gasteiger partial charge in [0.05, 0.1) is 5.41 Å². The van der Waals surface area contributed by atoms with Gasteiger partial charge in [-0.15, -0.1) is 0 Å². The van der Waals surface area contributed by atoms with Gasteiger partial charge in [0, 0.05) is 16.7 Å². The van der Waals surface area contributed by atoms with E-state index in [0.29, 0.717) is 0 Å². The second kappa shape index (κ2) is 4.78. The molecule has 0 aromatic heterocycles. The molecule has 2 N–H and O–H groups in total. The van der Waals surface area contributed by atoms with Crippen molar-refractivity contribution in [2.75, 3.05) is 18.9 Å². The Bertz CT molecular complexity index is 441. The van der Waals surface area contributed by atoms with Crippen LogP contribution in [0, 0.1) is 12.3 Å². The van der Waals surface area contributed by atoms with Gasteiger partial charge < -0.3 is 10.6 Å². The van der Waals surface area contributed by atoms with Gasteiger partial charge in [0.2, 0.25) is 5.91 Å². The Hall–Kier alpha value is -0.870. The van der Waals surface area contributed by atoms with Crippen molar-refractivity contribution in [3.8, 4) is 0 Å². The fourth-order valence-corrected chi connectivity index (χ4v) is 2.29. The van der Waals surface area contributed by atoms with Crippen molar-refractivity contribution in [2.45, 2.75) is 19.8 Å². The van der Waals surface area contributed by atoms with E-state index in [2.05, 4.69) is 26.6 Å².